The number of aliphatic carboxylic acids is 2. The molecule has 4 N–H and O–H groups in total. The van der Waals surface area contributed by atoms with E-state index in [1.54, 1.807) is 0 Å². The van der Waals surface area contributed by atoms with Gasteiger partial charge in [-0.2, -0.15) is 0 Å². The van der Waals surface area contributed by atoms with Gasteiger partial charge in [-0.3, -0.25) is 0 Å². The Bertz CT molecular complexity index is 353. The first-order chi connectivity index (χ1) is 6.37. The Morgan fingerprint density at radius 2 is 1.93 bits per heavy atom. The fourth-order valence-corrected chi connectivity index (χ4v) is 1.07. The molecule has 14 heavy (non-hydrogen) atoms. The van der Waals surface area contributed by atoms with Crippen LogP contribution in [-0.2, 0) is 9.59 Å². The van der Waals surface area contributed by atoms with E-state index in [1.807, 2.05) is 0 Å². The van der Waals surface area contributed by atoms with Gasteiger partial charge in [-0.15, -0.1) is 0 Å². The van der Waals surface area contributed by atoms with E-state index in [0.717, 1.165) is 12.2 Å². The number of allylic oxidation sites excluding steroid dienone is 1. The van der Waals surface area contributed by atoms with Crippen LogP contribution in [0.3, 0.4) is 0 Å². The van der Waals surface area contributed by atoms with Gasteiger partial charge >= 0.3 is 11.9 Å². The molecule has 0 aliphatic heterocycles. The average molecular weight is 200 g/mol. The van der Waals surface area contributed by atoms with Crippen LogP contribution in [0.2, 0.25) is 0 Å². The van der Waals surface area contributed by atoms with E-state index in [9.17, 15) is 14.7 Å². The maximum atomic E-state index is 10.6. The molecule has 0 saturated carbocycles. The van der Waals surface area contributed by atoms with Gasteiger partial charge in [0, 0.05) is 6.42 Å². The van der Waals surface area contributed by atoms with E-state index in [-0.39, 0.29) is 0 Å². The van der Waals surface area contributed by atoms with Crippen molar-refractivity contribution < 1.29 is 30.0 Å². The first-order valence-corrected chi connectivity index (χ1v) is 3.67. The minimum absolute atomic E-state index is 0.516. The second-order valence-corrected chi connectivity index (χ2v) is 2.91. The summed E-state index contributed by atoms with van der Waals surface area (Å²) in [6.45, 7) is 0. The SMILES string of the molecule is O=C(O)C1=C(O)C=CC(O)(C(=O)O)C1. The fraction of sp³-hybridized carbons (Fsp3) is 0.250. The first kappa shape index (κ1) is 10.3. The van der Waals surface area contributed by atoms with Crippen LogP contribution in [0.4, 0.5) is 0 Å². The van der Waals surface area contributed by atoms with E-state index in [0.29, 0.717) is 0 Å². The maximum absolute atomic E-state index is 10.6. The minimum atomic E-state index is -2.25. The smallest absolute Gasteiger partial charge is 0.340 e. The van der Waals surface area contributed by atoms with Gasteiger partial charge in [0.2, 0.25) is 0 Å². The van der Waals surface area contributed by atoms with Crippen molar-refractivity contribution in [2.75, 3.05) is 0 Å². The van der Waals surface area contributed by atoms with Crippen LogP contribution in [0.25, 0.3) is 0 Å². The fourth-order valence-electron chi connectivity index (χ4n) is 1.07. The summed E-state index contributed by atoms with van der Waals surface area (Å²) < 4.78 is 0. The molecule has 1 rings (SSSR count). The molecule has 0 fully saturated rings. The predicted molar refractivity (Wildman–Crippen MR) is 43.6 cm³/mol. The zero-order valence-electron chi connectivity index (χ0n) is 6.97. The Balaban J connectivity index is 3.07. The highest BCUT2D eigenvalue weighted by atomic mass is 16.4. The van der Waals surface area contributed by atoms with Crippen molar-refractivity contribution in [1.82, 2.24) is 0 Å². The maximum Gasteiger partial charge on any atom is 0.340 e. The normalized spacial score (nSPS) is 26.4. The number of aliphatic hydroxyl groups excluding tert-OH is 1. The highest BCUT2D eigenvalue weighted by Gasteiger charge is 2.39. The molecule has 1 aliphatic carbocycles. The summed E-state index contributed by atoms with van der Waals surface area (Å²) in [5, 5.41) is 35.6. The van der Waals surface area contributed by atoms with Crippen LogP contribution in [0.1, 0.15) is 6.42 Å². The molecule has 0 radical (unpaired) electrons. The molecule has 6 heteroatoms. The van der Waals surface area contributed by atoms with Crippen molar-refractivity contribution in [3.8, 4) is 0 Å². The average Bonchev–Trinajstić information content (AvgIpc) is 2.09. The van der Waals surface area contributed by atoms with Gasteiger partial charge in [0.25, 0.3) is 0 Å². The van der Waals surface area contributed by atoms with E-state index in [4.69, 9.17) is 15.3 Å². The quantitative estimate of drug-likeness (QED) is 0.484. The van der Waals surface area contributed by atoms with Crippen LogP contribution < -0.4 is 0 Å². The number of aliphatic hydroxyl groups is 2. The lowest BCUT2D eigenvalue weighted by Crippen LogP contribution is -2.39. The number of carbonyl (C=O) groups is 2. The van der Waals surface area contributed by atoms with Crippen LogP contribution in [-0.4, -0.2) is 38.0 Å². The number of carboxylic acid groups (broad SMARTS) is 2. The molecule has 6 nitrogen and oxygen atoms in total. The van der Waals surface area contributed by atoms with E-state index in [2.05, 4.69) is 0 Å². The monoisotopic (exact) mass is 200 g/mol. The molecule has 0 aromatic heterocycles. The molecular formula is C8H8O6. The van der Waals surface area contributed by atoms with Crippen molar-refractivity contribution in [2.24, 2.45) is 0 Å². The summed E-state index contributed by atoms with van der Waals surface area (Å²) in [4.78, 5) is 21.1. The molecular weight excluding hydrogens is 192 g/mol. The molecule has 0 heterocycles. The Morgan fingerprint density at radius 1 is 1.36 bits per heavy atom. The summed E-state index contributed by atoms with van der Waals surface area (Å²) >= 11 is 0. The number of hydrogen-bond acceptors (Lipinski definition) is 4. The molecule has 1 atom stereocenters. The molecule has 0 spiro atoms. The lowest BCUT2D eigenvalue weighted by molar-refractivity contribution is -0.153. The molecule has 76 valence electrons. The van der Waals surface area contributed by atoms with Crippen molar-refractivity contribution in [3.63, 3.8) is 0 Å². The van der Waals surface area contributed by atoms with Crippen molar-refractivity contribution in [3.05, 3.63) is 23.5 Å². The van der Waals surface area contributed by atoms with Gasteiger partial charge in [-0.1, -0.05) is 0 Å². The summed E-state index contributed by atoms with van der Waals surface area (Å²) in [6, 6.07) is 0. The number of carboxylic acids is 2. The molecule has 1 aliphatic rings. The summed E-state index contributed by atoms with van der Waals surface area (Å²) in [5.41, 5.74) is -2.77. The van der Waals surface area contributed by atoms with Gasteiger partial charge in [-0.05, 0) is 12.2 Å². The van der Waals surface area contributed by atoms with Gasteiger partial charge in [0.05, 0.1) is 5.57 Å². The van der Waals surface area contributed by atoms with Crippen molar-refractivity contribution >= 4 is 11.9 Å². The zero-order chi connectivity index (χ0) is 10.9. The largest absolute Gasteiger partial charge is 0.507 e. The van der Waals surface area contributed by atoms with E-state index < -0.39 is 35.3 Å². The topological polar surface area (TPSA) is 115 Å². The first-order valence-electron chi connectivity index (χ1n) is 3.67. The van der Waals surface area contributed by atoms with Gasteiger partial charge in [-0.25, -0.2) is 9.59 Å². The van der Waals surface area contributed by atoms with Crippen LogP contribution in [0.5, 0.6) is 0 Å². The standard InChI is InChI=1S/C8H8O6/c9-5-1-2-8(14,7(12)13)3-4(5)6(10)11/h1-2,9,14H,3H2,(H,10,11)(H,12,13). The lowest BCUT2D eigenvalue weighted by Gasteiger charge is -2.22. The molecule has 0 saturated heterocycles. The summed E-state index contributed by atoms with van der Waals surface area (Å²) in [5.74, 6) is -3.55. The lowest BCUT2D eigenvalue weighted by atomic mass is 9.89. The molecule has 0 aromatic rings. The number of hydrogen-bond donors (Lipinski definition) is 4. The van der Waals surface area contributed by atoms with Crippen molar-refractivity contribution in [1.29, 1.82) is 0 Å². The van der Waals surface area contributed by atoms with E-state index >= 15 is 0 Å². The Hall–Kier alpha value is -1.82. The Morgan fingerprint density at radius 3 is 2.36 bits per heavy atom. The highest BCUT2D eigenvalue weighted by Crippen LogP contribution is 2.26. The van der Waals surface area contributed by atoms with Gasteiger partial charge in [0.1, 0.15) is 5.76 Å². The number of rotatable bonds is 2. The van der Waals surface area contributed by atoms with Crippen LogP contribution >= 0.6 is 0 Å². The van der Waals surface area contributed by atoms with E-state index in [1.165, 1.54) is 0 Å². The summed E-state index contributed by atoms with van der Waals surface area (Å²) in [7, 11) is 0. The molecule has 1 unspecified atom stereocenters. The molecule has 0 amide bonds. The Kier molecular flexibility index (Phi) is 2.31. The van der Waals surface area contributed by atoms with Crippen molar-refractivity contribution in [2.45, 2.75) is 12.0 Å². The zero-order valence-corrected chi connectivity index (χ0v) is 6.97. The van der Waals surface area contributed by atoms with Crippen LogP contribution in [0.15, 0.2) is 23.5 Å². The van der Waals surface area contributed by atoms with Gasteiger partial charge in [0.15, 0.2) is 5.60 Å². The molecule has 0 bridgehead atoms. The van der Waals surface area contributed by atoms with Gasteiger partial charge < -0.3 is 20.4 Å². The third-order valence-electron chi connectivity index (χ3n) is 1.90. The third kappa shape index (κ3) is 1.60. The minimum Gasteiger partial charge on any atom is -0.507 e. The second kappa shape index (κ2) is 3.15. The van der Waals surface area contributed by atoms with Crippen LogP contribution in [0, 0.1) is 0 Å². The summed E-state index contributed by atoms with van der Waals surface area (Å²) in [6.07, 6.45) is 1.05. The third-order valence-corrected chi connectivity index (χ3v) is 1.90. The second-order valence-electron chi connectivity index (χ2n) is 2.91. The highest BCUT2D eigenvalue weighted by molar-refractivity contribution is 5.91. The molecule has 0 aromatic carbocycles. The Labute approximate surface area is 78.4 Å². The predicted octanol–water partition coefficient (Wildman–Crippen LogP) is -0.341.